The second-order valence-electron chi connectivity index (χ2n) is 5.12. The van der Waals surface area contributed by atoms with E-state index in [0.717, 1.165) is 23.2 Å². The van der Waals surface area contributed by atoms with Gasteiger partial charge in [0.15, 0.2) is 0 Å². The van der Waals surface area contributed by atoms with E-state index in [2.05, 4.69) is 23.2 Å². The quantitative estimate of drug-likeness (QED) is 0.774. The Morgan fingerprint density at radius 1 is 1.50 bits per heavy atom. The summed E-state index contributed by atoms with van der Waals surface area (Å²) < 4.78 is 0.910. The van der Waals surface area contributed by atoms with Crippen molar-refractivity contribution in [2.24, 2.45) is 5.92 Å². The molecule has 1 atom stereocenters. The molecule has 1 aromatic rings. The molecular formula is C14H23ClN2S. The van der Waals surface area contributed by atoms with Crippen molar-refractivity contribution in [1.29, 1.82) is 0 Å². The van der Waals surface area contributed by atoms with Crippen LogP contribution in [0.4, 0.5) is 0 Å². The first kappa shape index (κ1) is 14.3. The molecule has 0 radical (unpaired) electrons. The first-order valence-electron chi connectivity index (χ1n) is 6.95. The Hall–Kier alpha value is -0.0900. The molecule has 2 nitrogen and oxygen atoms in total. The second-order valence-corrected chi connectivity index (χ2v) is 6.91. The number of thiophene rings is 1. The zero-order chi connectivity index (χ0) is 12.8. The molecule has 0 amide bonds. The highest BCUT2D eigenvalue weighted by atomic mass is 35.5. The van der Waals surface area contributed by atoms with Gasteiger partial charge in [0.2, 0.25) is 0 Å². The minimum atomic E-state index is 0.850. The Bertz CT molecular complexity index is 353. The zero-order valence-electron chi connectivity index (χ0n) is 11.1. The summed E-state index contributed by atoms with van der Waals surface area (Å²) in [5, 5.41) is 3.53. The average Bonchev–Trinajstić information content (AvgIpc) is 2.96. The van der Waals surface area contributed by atoms with Gasteiger partial charge in [-0.2, -0.15) is 0 Å². The van der Waals surface area contributed by atoms with E-state index in [4.69, 9.17) is 11.6 Å². The number of rotatable bonds is 7. The summed E-state index contributed by atoms with van der Waals surface area (Å²) in [7, 11) is 0. The molecule has 102 valence electrons. The van der Waals surface area contributed by atoms with E-state index in [0.29, 0.717) is 0 Å². The normalized spacial score (nSPS) is 20.7. The largest absolute Gasteiger partial charge is 0.316 e. The molecule has 1 aromatic heterocycles. The standard InChI is InChI=1S/C14H23ClN2S/c1-2-7-16-10-12-5-8-17(11-12)9-6-13-3-4-14(15)18-13/h3-4,12,16H,2,5-11H2,1H3. The predicted molar refractivity (Wildman–Crippen MR) is 80.7 cm³/mol. The van der Waals surface area contributed by atoms with Gasteiger partial charge in [-0.05, 0) is 56.9 Å². The number of hydrogen-bond acceptors (Lipinski definition) is 3. The molecule has 0 bridgehead atoms. The molecule has 0 aromatic carbocycles. The summed E-state index contributed by atoms with van der Waals surface area (Å²) in [6.07, 6.45) is 3.73. The summed E-state index contributed by atoms with van der Waals surface area (Å²) in [5.74, 6) is 0.850. The van der Waals surface area contributed by atoms with Crippen LogP contribution in [0.25, 0.3) is 0 Å². The van der Waals surface area contributed by atoms with Crippen LogP contribution in [0.1, 0.15) is 24.6 Å². The molecule has 2 heterocycles. The van der Waals surface area contributed by atoms with Gasteiger partial charge in [0, 0.05) is 18.0 Å². The van der Waals surface area contributed by atoms with Gasteiger partial charge in [0.05, 0.1) is 4.34 Å². The van der Waals surface area contributed by atoms with Crippen LogP contribution in [0, 0.1) is 5.92 Å². The van der Waals surface area contributed by atoms with E-state index in [-0.39, 0.29) is 0 Å². The highest BCUT2D eigenvalue weighted by Crippen LogP contribution is 2.23. The zero-order valence-corrected chi connectivity index (χ0v) is 12.7. The van der Waals surface area contributed by atoms with Gasteiger partial charge < -0.3 is 10.2 Å². The molecule has 2 rings (SSSR count). The summed E-state index contributed by atoms with van der Waals surface area (Å²) >= 11 is 7.66. The summed E-state index contributed by atoms with van der Waals surface area (Å²) in [6.45, 7) is 8.27. The van der Waals surface area contributed by atoms with Crippen LogP contribution in [0.2, 0.25) is 4.34 Å². The van der Waals surface area contributed by atoms with Crippen molar-refractivity contribution in [3.63, 3.8) is 0 Å². The third-order valence-corrected chi connectivity index (χ3v) is 4.82. The fourth-order valence-corrected chi connectivity index (χ4v) is 3.60. The van der Waals surface area contributed by atoms with E-state index in [9.17, 15) is 0 Å². The fraction of sp³-hybridized carbons (Fsp3) is 0.714. The second kappa shape index (κ2) is 7.49. The van der Waals surface area contributed by atoms with Crippen LogP contribution in [0.3, 0.4) is 0 Å². The Labute approximate surface area is 119 Å². The minimum Gasteiger partial charge on any atom is -0.316 e. The molecule has 1 aliphatic rings. The van der Waals surface area contributed by atoms with Crippen molar-refractivity contribution in [2.75, 3.05) is 32.7 Å². The summed E-state index contributed by atoms with van der Waals surface area (Å²) in [5.41, 5.74) is 0. The number of halogens is 1. The molecule has 4 heteroatoms. The van der Waals surface area contributed by atoms with Gasteiger partial charge in [0.25, 0.3) is 0 Å². The van der Waals surface area contributed by atoms with Crippen LogP contribution in [-0.2, 0) is 6.42 Å². The van der Waals surface area contributed by atoms with E-state index >= 15 is 0 Å². The van der Waals surface area contributed by atoms with Crippen molar-refractivity contribution in [3.8, 4) is 0 Å². The van der Waals surface area contributed by atoms with Crippen LogP contribution in [0.5, 0.6) is 0 Å². The first-order chi connectivity index (χ1) is 8.78. The monoisotopic (exact) mass is 286 g/mol. The van der Waals surface area contributed by atoms with Crippen LogP contribution in [0.15, 0.2) is 12.1 Å². The van der Waals surface area contributed by atoms with Crippen molar-refractivity contribution < 1.29 is 0 Å². The molecule has 1 saturated heterocycles. The number of hydrogen-bond donors (Lipinski definition) is 1. The average molecular weight is 287 g/mol. The molecule has 1 N–H and O–H groups in total. The lowest BCUT2D eigenvalue weighted by Gasteiger charge is -2.15. The topological polar surface area (TPSA) is 15.3 Å². The Kier molecular flexibility index (Phi) is 5.96. The van der Waals surface area contributed by atoms with E-state index in [1.54, 1.807) is 11.3 Å². The van der Waals surface area contributed by atoms with Crippen molar-refractivity contribution in [1.82, 2.24) is 10.2 Å². The lowest BCUT2D eigenvalue weighted by Crippen LogP contribution is -2.28. The van der Waals surface area contributed by atoms with Crippen LogP contribution in [-0.4, -0.2) is 37.6 Å². The fourth-order valence-electron chi connectivity index (χ4n) is 2.52. The number of likely N-dealkylation sites (tertiary alicyclic amines) is 1. The van der Waals surface area contributed by atoms with Crippen molar-refractivity contribution >= 4 is 22.9 Å². The van der Waals surface area contributed by atoms with E-state index < -0.39 is 0 Å². The summed E-state index contributed by atoms with van der Waals surface area (Å²) in [6, 6.07) is 4.16. The molecule has 0 saturated carbocycles. The SMILES string of the molecule is CCCNCC1CCN(CCc2ccc(Cl)s2)C1. The lowest BCUT2D eigenvalue weighted by atomic mass is 10.1. The van der Waals surface area contributed by atoms with Gasteiger partial charge in [-0.3, -0.25) is 0 Å². The van der Waals surface area contributed by atoms with Gasteiger partial charge in [-0.15, -0.1) is 11.3 Å². The van der Waals surface area contributed by atoms with Crippen molar-refractivity contribution in [3.05, 3.63) is 21.3 Å². The molecule has 1 aliphatic heterocycles. The molecule has 1 unspecified atom stereocenters. The molecule has 0 aliphatic carbocycles. The Balaban J connectivity index is 1.63. The number of nitrogens with zero attached hydrogens (tertiary/aromatic N) is 1. The predicted octanol–water partition coefficient (Wildman–Crippen LogP) is 3.27. The third kappa shape index (κ3) is 4.54. The Morgan fingerprint density at radius 3 is 3.11 bits per heavy atom. The van der Waals surface area contributed by atoms with Gasteiger partial charge >= 0.3 is 0 Å². The van der Waals surface area contributed by atoms with Gasteiger partial charge in [-0.25, -0.2) is 0 Å². The first-order valence-corrected chi connectivity index (χ1v) is 8.14. The lowest BCUT2D eigenvalue weighted by molar-refractivity contribution is 0.326. The maximum absolute atomic E-state index is 5.95. The number of nitrogens with one attached hydrogen (secondary N) is 1. The maximum atomic E-state index is 5.95. The highest BCUT2D eigenvalue weighted by molar-refractivity contribution is 7.16. The third-order valence-electron chi connectivity index (χ3n) is 3.53. The molecule has 1 fully saturated rings. The van der Waals surface area contributed by atoms with Crippen molar-refractivity contribution in [2.45, 2.75) is 26.2 Å². The smallest absolute Gasteiger partial charge is 0.0931 e. The minimum absolute atomic E-state index is 0.850. The van der Waals surface area contributed by atoms with E-state index in [1.165, 1.54) is 43.9 Å². The van der Waals surface area contributed by atoms with E-state index in [1.807, 2.05) is 6.07 Å². The molecule has 0 spiro atoms. The highest BCUT2D eigenvalue weighted by Gasteiger charge is 2.21. The summed E-state index contributed by atoms with van der Waals surface area (Å²) in [4.78, 5) is 4.00. The van der Waals surface area contributed by atoms with Crippen LogP contribution >= 0.6 is 22.9 Å². The molecule has 18 heavy (non-hydrogen) atoms. The van der Waals surface area contributed by atoms with Gasteiger partial charge in [0.1, 0.15) is 0 Å². The van der Waals surface area contributed by atoms with Crippen LogP contribution < -0.4 is 5.32 Å². The molecular weight excluding hydrogens is 264 g/mol. The van der Waals surface area contributed by atoms with Gasteiger partial charge in [-0.1, -0.05) is 18.5 Å². The maximum Gasteiger partial charge on any atom is 0.0931 e. The Morgan fingerprint density at radius 2 is 2.39 bits per heavy atom.